The topological polar surface area (TPSA) is 19.6 Å². The molecule has 0 fully saturated rings. The van der Waals surface area contributed by atoms with Gasteiger partial charge >= 0.3 is 6.85 Å². The van der Waals surface area contributed by atoms with Crippen molar-refractivity contribution in [3.8, 4) is 33.4 Å². The van der Waals surface area contributed by atoms with Crippen molar-refractivity contribution < 1.29 is 4.42 Å². The predicted octanol–water partition coefficient (Wildman–Crippen LogP) is 14.6. The molecule has 0 amide bonds. The lowest BCUT2D eigenvalue weighted by Gasteiger charge is -2.51. The van der Waals surface area contributed by atoms with E-state index in [2.05, 4.69) is 215 Å². The molecule has 13 rings (SSSR count). The van der Waals surface area contributed by atoms with Crippen molar-refractivity contribution in [3.63, 3.8) is 0 Å². The number of benzene rings is 8. The third kappa shape index (κ3) is 5.04. The van der Waals surface area contributed by atoms with E-state index >= 15 is 0 Å². The van der Waals surface area contributed by atoms with Crippen LogP contribution in [0.1, 0.15) is 76.6 Å². The first-order valence-electron chi connectivity index (χ1n) is 22.8. The molecule has 4 heteroatoms. The quantitative estimate of drug-likeness (QED) is 0.166. The lowest BCUT2D eigenvalue weighted by Crippen LogP contribution is -2.62. The van der Waals surface area contributed by atoms with Crippen LogP contribution in [0.2, 0.25) is 0 Å². The third-order valence-electron chi connectivity index (χ3n) is 15.5. The maximum atomic E-state index is 7.08. The first-order chi connectivity index (χ1) is 30.5. The molecule has 0 saturated heterocycles. The van der Waals surface area contributed by atoms with E-state index in [1.807, 2.05) is 0 Å². The lowest BCUT2D eigenvalue weighted by atomic mass is 9.42. The van der Waals surface area contributed by atoms with Gasteiger partial charge in [0, 0.05) is 50.1 Å². The molecule has 3 nitrogen and oxygen atoms in total. The van der Waals surface area contributed by atoms with E-state index in [9.17, 15) is 0 Å². The Morgan fingerprint density at radius 3 is 1.86 bits per heavy atom. The average Bonchev–Trinajstić information content (AvgIpc) is 3.68. The summed E-state index contributed by atoms with van der Waals surface area (Å²) in [6, 6.07) is 61.4. The average molecular weight is 813 g/mol. The fourth-order valence-corrected chi connectivity index (χ4v) is 12.0. The maximum Gasteiger partial charge on any atom is 0.333 e. The normalized spacial score (nSPS) is 16.9. The van der Waals surface area contributed by atoms with Crippen LogP contribution in [0.3, 0.4) is 0 Å². The van der Waals surface area contributed by atoms with Crippen molar-refractivity contribution in [1.29, 1.82) is 0 Å². The summed E-state index contributed by atoms with van der Waals surface area (Å²) in [4.78, 5) is 5.32. The molecule has 0 spiro atoms. The van der Waals surface area contributed by atoms with Gasteiger partial charge in [-0.3, -0.25) is 0 Å². The molecule has 0 radical (unpaired) electrons. The molecule has 0 atom stereocenters. The number of hydrogen-bond acceptors (Lipinski definition) is 3. The number of anilines is 5. The Morgan fingerprint density at radius 2 is 1.13 bits per heavy atom. The standard InChI is InChI=1S/C59H49BN2O/c1-57(2)30-31-58(3,4)46-35-50-47(34-45(46)57)59(5,6)44-21-15-22-48-55(44)61(50)51-33-43-41-20-13-14-23-52(41)63-56(43)53-42-29-26-39(37-18-11-8-12-19-37)32-49(42)62(60(48)54(51)53)40-27-24-38(25-28-40)36-16-9-7-10-17-36/h7-29,32-35H,30-31H2,1-6H3. The highest BCUT2D eigenvalue weighted by Crippen LogP contribution is 2.59. The van der Waals surface area contributed by atoms with Crippen LogP contribution in [0.25, 0.3) is 55.3 Å². The Bertz CT molecular complexity index is 3380. The molecule has 0 saturated carbocycles. The number of para-hydroxylation sites is 2. The fourth-order valence-electron chi connectivity index (χ4n) is 12.0. The van der Waals surface area contributed by atoms with Crippen LogP contribution in [-0.4, -0.2) is 6.85 Å². The Labute approximate surface area is 370 Å². The van der Waals surface area contributed by atoms with E-state index in [0.29, 0.717) is 0 Å². The first-order valence-corrected chi connectivity index (χ1v) is 22.8. The smallest absolute Gasteiger partial charge is 0.333 e. The lowest BCUT2D eigenvalue weighted by molar-refractivity contribution is 0.331. The van der Waals surface area contributed by atoms with Crippen LogP contribution in [0.15, 0.2) is 168 Å². The molecule has 8 aromatic carbocycles. The van der Waals surface area contributed by atoms with Crippen molar-refractivity contribution >= 4 is 68.1 Å². The van der Waals surface area contributed by atoms with Crippen molar-refractivity contribution in [3.05, 3.63) is 186 Å². The van der Waals surface area contributed by atoms with E-state index in [0.717, 1.165) is 27.6 Å². The molecule has 1 aliphatic carbocycles. The molecule has 304 valence electrons. The highest BCUT2D eigenvalue weighted by Gasteiger charge is 2.51. The van der Waals surface area contributed by atoms with E-state index in [-0.39, 0.29) is 23.1 Å². The van der Waals surface area contributed by atoms with Gasteiger partial charge in [-0.15, -0.1) is 0 Å². The fraction of sp³-hybridized carbons (Fsp3) is 0.186. The molecule has 63 heavy (non-hydrogen) atoms. The highest BCUT2D eigenvalue weighted by molar-refractivity contribution is 6.94. The summed E-state index contributed by atoms with van der Waals surface area (Å²) in [5, 5.41) is 2.30. The van der Waals surface area contributed by atoms with Crippen LogP contribution in [-0.2, 0) is 16.2 Å². The van der Waals surface area contributed by atoms with Crippen LogP contribution in [0.5, 0.6) is 0 Å². The summed E-state index contributed by atoms with van der Waals surface area (Å²) in [6.45, 7) is 14.6. The number of rotatable bonds is 3. The van der Waals surface area contributed by atoms with E-state index in [4.69, 9.17) is 4.42 Å². The van der Waals surface area contributed by atoms with Crippen molar-refractivity contribution in [2.45, 2.75) is 70.6 Å². The van der Waals surface area contributed by atoms with E-state index in [1.165, 1.54) is 102 Å². The molecule has 0 unspecified atom stereocenters. The molecule has 4 aliphatic rings. The van der Waals surface area contributed by atoms with E-state index < -0.39 is 0 Å². The molecule has 3 aliphatic heterocycles. The van der Waals surface area contributed by atoms with Gasteiger partial charge in [-0.2, -0.15) is 0 Å². The second-order valence-corrected chi connectivity index (χ2v) is 20.3. The zero-order valence-corrected chi connectivity index (χ0v) is 36.9. The van der Waals surface area contributed by atoms with Crippen LogP contribution in [0, 0.1) is 0 Å². The van der Waals surface area contributed by atoms with Gasteiger partial charge in [-0.1, -0.05) is 169 Å². The Morgan fingerprint density at radius 1 is 0.492 bits per heavy atom. The summed E-state index contributed by atoms with van der Waals surface area (Å²) in [6.07, 6.45) is 2.35. The molecule has 0 N–H and O–H groups in total. The molecule has 4 heterocycles. The second kappa shape index (κ2) is 12.7. The van der Waals surface area contributed by atoms with Gasteiger partial charge in [0.2, 0.25) is 0 Å². The Kier molecular flexibility index (Phi) is 7.41. The first kappa shape index (κ1) is 36.8. The van der Waals surface area contributed by atoms with Crippen LogP contribution in [0.4, 0.5) is 28.4 Å². The molecule has 1 aromatic heterocycles. The maximum absolute atomic E-state index is 7.08. The number of furan rings is 1. The van der Waals surface area contributed by atoms with Crippen LogP contribution >= 0.6 is 0 Å². The van der Waals surface area contributed by atoms with Crippen molar-refractivity contribution in [2.24, 2.45) is 0 Å². The minimum atomic E-state index is -0.244. The summed E-state index contributed by atoms with van der Waals surface area (Å²) in [5.74, 6) is 0. The second-order valence-electron chi connectivity index (χ2n) is 20.3. The van der Waals surface area contributed by atoms with Gasteiger partial charge in [0.05, 0.1) is 5.69 Å². The van der Waals surface area contributed by atoms with Crippen LogP contribution < -0.4 is 20.6 Å². The highest BCUT2D eigenvalue weighted by atomic mass is 16.3. The van der Waals surface area contributed by atoms with Crippen molar-refractivity contribution in [1.82, 2.24) is 0 Å². The zero-order valence-electron chi connectivity index (χ0n) is 36.9. The summed E-state index contributed by atoms with van der Waals surface area (Å²) in [5.41, 5.74) is 23.5. The van der Waals surface area contributed by atoms with Gasteiger partial charge < -0.3 is 14.1 Å². The third-order valence-corrected chi connectivity index (χ3v) is 15.5. The molecule has 9 aromatic rings. The molecular formula is C59H49BN2O. The minimum absolute atomic E-state index is 0.0599. The largest absolute Gasteiger partial charge is 0.455 e. The summed E-state index contributed by atoms with van der Waals surface area (Å²) in [7, 11) is 0. The summed E-state index contributed by atoms with van der Waals surface area (Å²) >= 11 is 0. The zero-order chi connectivity index (χ0) is 42.6. The van der Waals surface area contributed by atoms with Gasteiger partial charge in [-0.25, -0.2) is 0 Å². The number of nitrogens with zero attached hydrogens (tertiary/aromatic N) is 2. The molecule has 0 bridgehead atoms. The number of hydrogen-bond donors (Lipinski definition) is 0. The van der Waals surface area contributed by atoms with E-state index in [1.54, 1.807) is 0 Å². The Hall–Kier alpha value is -6.78. The summed E-state index contributed by atoms with van der Waals surface area (Å²) < 4.78 is 7.08. The molecular weight excluding hydrogens is 763 g/mol. The minimum Gasteiger partial charge on any atom is -0.455 e. The SMILES string of the molecule is CC1(C)CCC(C)(C)c2cc3c(cc21)N1c2cc4c(oc5ccccc54)c4c2B(c2cccc(c21)C3(C)C)N(c1ccc(-c2ccccc2)cc1)c1cc(-c2ccccc2)ccc1-4. The van der Waals surface area contributed by atoms with Gasteiger partial charge in [0.25, 0.3) is 0 Å². The van der Waals surface area contributed by atoms with Gasteiger partial charge in [-0.05, 0) is 116 Å². The predicted molar refractivity (Wildman–Crippen MR) is 266 cm³/mol. The Balaban J connectivity index is 1.17. The van der Waals surface area contributed by atoms with Gasteiger partial charge in [0.1, 0.15) is 11.2 Å². The number of fused-ring (bicyclic) bond motifs is 11. The van der Waals surface area contributed by atoms with Gasteiger partial charge in [0.15, 0.2) is 0 Å². The monoisotopic (exact) mass is 812 g/mol. The van der Waals surface area contributed by atoms with Crippen molar-refractivity contribution in [2.75, 3.05) is 9.71 Å².